The van der Waals surface area contributed by atoms with E-state index in [0.717, 1.165) is 19.6 Å². The van der Waals surface area contributed by atoms with Gasteiger partial charge in [-0.1, -0.05) is 0 Å². The van der Waals surface area contributed by atoms with E-state index in [1.54, 1.807) is 12.7 Å². The Hall–Kier alpha value is -0.940. The van der Waals surface area contributed by atoms with Crippen LogP contribution in [0.25, 0.3) is 0 Å². The number of hydrogen-bond donors (Lipinski definition) is 1. The van der Waals surface area contributed by atoms with Crippen LogP contribution in [0.1, 0.15) is 33.7 Å². The zero-order valence-corrected chi connectivity index (χ0v) is 11.6. The summed E-state index contributed by atoms with van der Waals surface area (Å²) in [5.74, 6) is 0. The van der Waals surface area contributed by atoms with Crippen LogP contribution in [0, 0.1) is 0 Å². The molecule has 0 amide bonds. The molecule has 0 aromatic carbocycles. The third-order valence-corrected chi connectivity index (χ3v) is 2.61. The van der Waals surface area contributed by atoms with Crippen LogP contribution < -0.4 is 5.32 Å². The maximum Gasteiger partial charge on any atom is 0.137 e. The summed E-state index contributed by atoms with van der Waals surface area (Å²) in [7, 11) is 2.14. The van der Waals surface area contributed by atoms with E-state index in [1.165, 1.54) is 0 Å². The van der Waals surface area contributed by atoms with Crippen molar-refractivity contribution >= 4 is 0 Å². The first kappa shape index (κ1) is 14.1. The number of nitrogens with one attached hydrogen (secondary N) is 1. The van der Waals surface area contributed by atoms with Gasteiger partial charge in [0.15, 0.2) is 0 Å². The molecule has 0 aliphatic rings. The van der Waals surface area contributed by atoms with Crippen molar-refractivity contribution < 1.29 is 0 Å². The van der Waals surface area contributed by atoms with Crippen molar-refractivity contribution in [2.24, 2.45) is 0 Å². The fraction of sp³-hybridized carbons (Fsp3) is 0.833. The lowest BCUT2D eigenvalue weighted by Gasteiger charge is -2.25. The van der Waals surface area contributed by atoms with Gasteiger partial charge < -0.3 is 10.2 Å². The van der Waals surface area contributed by atoms with Crippen LogP contribution in [-0.4, -0.2) is 51.9 Å². The summed E-state index contributed by atoms with van der Waals surface area (Å²) in [4.78, 5) is 6.28. The van der Waals surface area contributed by atoms with Crippen LogP contribution in [-0.2, 0) is 0 Å². The first-order chi connectivity index (χ1) is 7.88. The van der Waals surface area contributed by atoms with Gasteiger partial charge in [-0.15, -0.1) is 0 Å². The number of rotatable bonds is 6. The quantitative estimate of drug-likeness (QED) is 0.809. The summed E-state index contributed by atoms with van der Waals surface area (Å²) >= 11 is 0. The van der Waals surface area contributed by atoms with Crippen molar-refractivity contribution in [2.45, 2.75) is 39.3 Å². The molecule has 0 saturated carbocycles. The van der Waals surface area contributed by atoms with Crippen molar-refractivity contribution in [3.63, 3.8) is 0 Å². The van der Waals surface area contributed by atoms with Crippen molar-refractivity contribution in [1.82, 2.24) is 25.0 Å². The Kier molecular flexibility index (Phi) is 5.08. The highest BCUT2D eigenvalue weighted by molar-refractivity contribution is 4.72. The number of likely N-dealkylation sites (N-methyl/N-ethyl adjacent to an activating group) is 1. The molecule has 1 aromatic rings. The van der Waals surface area contributed by atoms with Gasteiger partial charge in [-0.25, -0.2) is 9.67 Å². The maximum absolute atomic E-state index is 4.15. The van der Waals surface area contributed by atoms with Crippen molar-refractivity contribution in [3.05, 3.63) is 12.7 Å². The molecule has 98 valence electrons. The molecule has 0 radical (unpaired) electrons. The average Bonchev–Trinajstić information content (AvgIpc) is 2.67. The van der Waals surface area contributed by atoms with E-state index in [4.69, 9.17) is 0 Å². The largest absolute Gasteiger partial charge is 0.311 e. The highest BCUT2D eigenvalue weighted by Crippen LogP contribution is 2.04. The molecule has 1 unspecified atom stereocenters. The Morgan fingerprint density at radius 2 is 2.12 bits per heavy atom. The molecule has 1 N–H and O–H groups in total. The second kappa shape index (κ2) is 6.12. The summed E-state index contributed by atoms with van der Waals surface area (Å²) in [5, 5.41) is 7.64. The molecule has 1 atom stereocenters. The van der Waals surface area contributed by atoms with E-state index in [2.05, 4.69) is 55.0 Å². The first-order valence-electron chi connectivity index (χ1n) is 6.16. The fourth-order valence-electron chi connectivity index (χ4n) is 1.69. The second-order valence-corrected chi connectivity index (χ2v) is 5.66. The lowest BCUT2D eigenvalue weighted by molar-refractivity contribution is 0.265. The topological polar surface area (TPSA) is 46.0 Å². The minimum Gasteiger partial charge on any atom is -0.311 e. The Bertz CT molecular complexity index is 301. The highest BCUT2D eigenvalue weighted by atomic mass is 15.3. The van der Waals surface area contributed by atoms with Gasteiger partial charge in [0.05, 0.1) is 6.04 Å². The molecular formula is C12H25N5. The van der Waals surface area contributed by atoms with Crippen LogP contribution in [0.15, 0.2) is 12.7 Å². The molecule has 5 heteroatoms. The number of aromatic nitrogens is 3. The number of nitrogens with zero attached hydrogens (tertiary/aromatic N) is 4. The molecule has 1 aromatic heterocycles. The summed E-state index contributed by atoms with van der Waals surface area (Å²) < 4.78 is 1.90. The minimum absolute atomic E-state index is 0.193. The van der Waals surface area contributed by atoms with Crippen molar-refractivity contribution in [2.75, 3.05) is 26.7 Å². The van der Waals surface area contributed by atoms with Gasteiger partial charge in [0.25, 0.3) is 0 Å². The van der Waals surface area contributed by atoms with Crippen molar-refractivity contribution in [1.29, 1.82) is 0 Å². The van der Waals surface area contributed by atoms with Gasteiger partial charge >= 0.3 is 0 Å². The van der Waals surface area contributed by atoms with Gasteiger partial charge in [-0.2, -0.15) is 5.10 Å². The maximum atomic E-state index is 4.15. The molecule has 0 bridgehead atoms. The predicted octanol–water partition coefficient (Wildman–Crippen LogP) is 1.16. The van der Waals surface area contributed by atoms with Crippen LogP contribution in [0.2, 0.25) is 0 Å². The molecule has 1 heterocycles. The molecule has 17 heavy (non-hydrogen) atoms. The first-order valence-corrected chi connectivity index (χ1v) is 6.16. The normalized spacial score (nSPS) is 14.2. The standard InChI is InChI=1S/C12H25N5/c1-11(17-10-13-9-15-17)8-16(5)7-6-14-12(2,3)4/h9-11,14H,6-8H2,1-5H3. The summed E-state index contributed by atoms with van der Waals surface area (Å²) in [6.45, 7) is 11.7. The van der Waals surface area contributed by atoms with E-state index in [-0.39, 0.29) is 5.54 Å². The fourth-order valence-corrected chi connectivity index (χ4v) is 1.69. The average molecular weight is 239 g/mol. The van der Waals surface area contributed by atoms with Gasteiger partial charge in [-0.05, 0) is 34.7 Å². The Balaban J connectivity index is 2.23. The van der Waals surface area contributed by atoms with E-state index in [1.807, 2.05) is 4.68 Å². The SMILES string of the molecule is CC(CN(C)CCNC(C)(C)C)n1cncn1. The third-order valence-electron chi connectivity index (χ3n) is 2.61. The molecule has 5 nitrogen and oxygen atoms in total. The summed E-state index contributed by atoms with van der Waals surface area (Å²) in [5.41, 5.74) is 0.193. The minimum atomic E-state index is 0.193. The lowest BCUT2D eigenvalue weighted by atomic mass is 10.1. The molecule has 0 fully saturated rings. The molecule has 0 aliphatic carbocycles. The molecule has 0 saturated heterocycles. The zero-order chi connectivity index (χ0) is 12.9. The van der Waals surface area contributed by atoms with E-state index in [0.29, 0.717) is 6.04 Å². The third kappa shape index (κ3) is 5.79. The van der Waals surface area contributed by atoms with Crippen LogP contribution in [0.3, 0.4) is 0 Å². The molecule has 0 aliphatic heterocycles. The second-order valence-electron chi connectivity index (χ2n) is 5.66. The van der Waals surface area contributed by atoms with E-state index >= 15 is 0 Å². The van der Waals surface area contributed by atoms with Gasteiger partial charge in [0.1, 0.15) is 12.7 Å². The zero-order valence-electron chi connectivity index (χ0n) is 11.6. The molecular weight excluding hydrogens is 214 g/mol. The Morgan fingerprint density at radius 1 is 1.41 bits per heavy atom. The van der Waals surface area contributed by atoms with Gasteiger partial charge in [0.2, 0.25) is 0 Å². The van der Waals surface area contributed by atoms with Crippen LogP contribution in [0.4, 0.5) is 0 Å². The monoisotopic (exact) mass is 239 g/mol. The van der Waals surface area contributed by atoms with Gasteiger partial charge in [0, 0.05) is 25.2 Å². The predicted molar refractivity (Wildman–Crippen MR) is 70.0 cm³/mol. The Morgan fingerprint density at radius 3 is 2.65 bits per heavy atom. The van der Waals surface area contributed by atoms with Gasteiger partial charge in [-0.3, -0.25) is 0 Å². The molecule has 1 rings (SSSR count). The smallest absolute Gasteiger partial charge is 0.137 e. The van der Waals surface area contributed by atoms with Crippen LogP contribution >= 0.6 is 0 Å². The Labute approximate surface area is 104 Å². The lowest BCUT2D eigenvalue weighted by Crippen LogP contribution is -2.41. The number of hydrogen-bond acceptors (Lipinski definition) is 4. The van der Waals surface area contributed by atoms with E-state index in [9.17, 15) is 0 Å². The van der Waals surface area contributed by atoms with Crippen molar-refractivity contribution in [3.8, 4) is 0 Å². The summed E-state index contributed by atoms with van der Waals surface area (Å²) in [6.07, 6.45) is 3.35. The summed E-state index contributed by atoms with van der Waals surface area (Å²) in [6, 6.07) is 0.358. The molecule has 0 spiro atoms. The van der Waals surface area contributed by atoms with E-state index < -0.39 is 0 Å². The highest BCUT2D eigenvalue weighted by Gasteiger charge is 2.11. The van der Waals surface area contributed by atoms with Crippen LogP contribution in [0.5, 0.6) is 0 Å².